The molecule has 2 aromatic heterocycles. The number of amides is 1. The Labute approximate surface area is 322 Å². The van der Waals surface area contributed by atoms with Crippen LogP contribution in [0.4, 0.5) is 39.5 Å². The Morgan fingerprint density at radius 3 is 1.91 bits per heavy atom. The smallest absolute Gasteiger partial charge is 0.416 e. The van der Waals surface area contributed by atoms with Gasteiger partial charge in [0.05, 0.1) is 59.7 Å². The molecule has 0 radical (unpaired) electrons. The van der Waals surface area contributed by atoms with E-state index in [-0.39, 0.29) is 65.4 Å². The first-order valence-electron chi connectivity index (χ1n) is 16.7. The third-order valence-corrected chi connectivity index (χ3v) is 8.57. The van der Waals surface area contributed by atoms with E-state index in [4.69, 9.17) is 22.2 Å². The highest BCUT2D eigenvalue weighted by Gasteiger charge is 2.32. The molecule has 19 heteroatoms. The molecule has 0 atom stereocenters. The standard InChI is InChI=1S/C20H17F5N2O2.C18H13ClF4N4O/c1-2-29-19(28)8-7-17-15-6-4-13(20(23,24)25)9-18(15)27(26-17)11-12-3-5-14(21)10-16(12)22;19-12-3-1-10(14(20)8-12)9-27-16-7-11(18(21,22)23)2-4-13(16)15(26-27)5-6-17(28)25-24/h3-6,9-10H,2,7-8,11H2,1H3;1-8H,9,24H2,(H,25,28). The molecular weight excluding hydrogens is 795 g/mol. The molecule has 57 heavy (non-hydrogen) atoms. The van der Waals surface area contributed by atoms with Crippen molar-refractivity contribution in [1.29, 1.82) is 0 Å². The number of alkyl halides is 6. The van der Waals surface area contributed by atoms with E-state index in [9.17, 15) is 49.1 Å². The van der Waals surface area contributed by atoms with Crippen molar-refractivity contribution in [3.8, 4) is 0 Å². The fourth-order valence-electron chi connectivity index (χ4n) is 5.62. The Hall–Kier alpha value is -5.88. The predicted octanol–water partition coefficient (Wildman–Crippen LogP) is 8.78. The van der Waals surface area contributed by atoms with Crippen LogP contribution >= 0.6 is 11.6 Å². The summed E-state index contributed by atoms with van der Waals surface area (Å²) in [5, 5.41) is 9.49. The van der Waals surface area contributed by atoms with Crippen LogP contribution in [0.3, 0.4) is 0 Å². The molecule has 2 heterocycles. The Bertz CT molecular complexity index is 2460. The summed E-state index contributed by atoms with van der Waals surface area (Å²) in [6, 6.07) is 13.2. The molecule has 0 bridgehead atoms. The number of benzene rings is 4. The summed E-state index contributed by atoms with van der Waals surface area (Å²) in [7, 11) is 0. The molecule has 6 rings (SSSR count). The highest BCUT2D eigenvalue weighted by Crippen LogP contribution is 2.34. The molecule has 0 aliphatic rings. The van der Waals surface area contributed by atoms with Gasteiger partial charge >= 0.3 is 18.3 Å². The van der Waals surface area contributed by atoms with Gasteiger partial charge in [-0.15, -0.1) is 0 Å². The highest BCUT2D eigenvalue weighted by atomic mass is 35.5. The zero-order valence-electron chi connectivity index (χ0n) is 29.5. The number of hydrogen-bond acceptors (Lipinski definition) is 6. The van der Waals surface area contributed by atoms with Gasteiger partial charge in [0, 0.05) is 45.5 Å². The van der Waals surface area contributed by atoms with Gasteiger partial charge < -0.3 is 4.74 Å². The Morgan fingerprint density at radius 2 is 1.35 bits per heavy atom. The maximum atomic E-state index is 14.1. The lowest BCUT2D eigenvalue weighted by Gasteiger charge is -2.09. The number of carbonyl (C=O) groups is 2. The monoisotopic (exact) mass is 824 g/mol. The molecule has 0 fully saturated rings. The van der Waals surface area contributed by atoms with Crippen LogP contribution in [0.2, 0.25) is 5.02 Å². The SMILES string of the molecule is CCOC(=O)CCc1nn(Cc2ccc(F)cc2F)c2cc(C(F)(F)F)ccc12.NNC(=O)C=Cc1nn(Cc2ccc(Cl)cc2F)c2cc(C(F)(F)F)ccc12. The second kappa shape index (κ2) is 17.5. The summed E-state index contributed by atoms with van der Waals surface area (Å²) in [4.78, 5) is 22.9. The van der Waals surface area contributed by atoms with E-state index in [0.717, 1.165) is 42.5 Å². The van der Waals surface area contributed by atoms with E-state index in [1.807, 2.05) is 5.43 Å². The quantitative estimate of drug-likeness (QED) is 0.0357. The number of halogens is 10. The van der Waals surface area contributed by atoms with Crippen molar-refractivity contribution in [1.82, 2.24) is 25.0 Å². The van der Waals surface area contributed by atoms with Gasteiger partial charge in [-0.25, -0.2) is 19.0 Å². The molecule has 0 aliphatic heterocycles. The van der Waals surface area contributed by atoms with Gasteiger partial charge in [-0.1, -0.05) is 29.8 Å². The summed E-state index contributed by atoms with van der Waals surface area (Å²) in [6.07, 6.45) is -6.55. The minimum Gasteiger partial charge on any atom is -0.466 e. The van der Waals surface area contributed by atoms with Gasteiger partial charge in [-0.2, -0.15) is 36.5 Å². The third-order valence-electron chi connectivity index (χ3n) is 8.34. The number of carbonyl (C=O) groups excluding carboxylic acids is 2. The van der Waals surface area contributed by atoms with Gasteiger partial charge in [0.1, 0.15) is 17.5 Å². The largest absolute Gasteiger partial charge is 0.466 e. The van der Waals surface area contributed by atoms with Crippen LogP contribution in [-0.2, 0) is 46.2 Å². The number of hydrazine groups is 1. The van der Waals surface area contributed by atoms with Crippen molar-refractivity contribution >= 4 is 51.4 Å². The first kappa shape index (κ1) is 42.3. The third kappa shape index (κ3) is 10.5. The summed E-state index contributed by atoms with van der Waals surface area (Å²) in [5.41, 5.74) is 1.34. The second-order valence-corrected chi connectivity index (χ2v) is 12.7. The molecule has 3 N–H and O–H groups in total. The maximum absolute atomic E-state index is 14.1. The van der Waals surface area contributed by atoms with Crippen molar-refractivity contribution in [2.24, 2.45) is 5.84 Å². The number of nitrogens with one attached hydrogen (secondary N) is 1. The van der Waals surface area contributed by atoms with Crippen LogP contribution in [0.5, 0.6) is 0 Å². The van der Waals surface area contributed by atoms with E-state index in [2.05, 4.69) is 10.2 Å². The summed E-state index contributed by atoms with van der Waals surface area (Å²) in [5.74, 6) is 1.74. The van der Waals surface area contributed by atoms with Crippen LogP contribution in [0.15, 0.2) is 78.9 Å². The molecule has 1 amide bonds. The lowest BCUT2D eigenvalue weighted by molar-refractivity contribution is -0.143. The van der Waals surface area contributed by atoms with Crippen molar-refractivity contribution < 1.29 is 53.8 Å². The van der Waals surface area contributed by atoms with Gasteiger partial charge in [0.25, 0.3) is 5.91 Å². The number of hydrogen-bond donors (Lipinski definition) is 2. The second-order valence-electron chi connectivity index (χ2n) is 12.2. The minimum absolute atomic E-state index is 0.00584. The molecule has 0 saturated carbocycles. The summed E-state index contributed by atoms with van der Waals surface area (Å²) >= 11 is 5.73. The molecule has 300 valence electrons. The molecule has 0 spiro atoms. The Balaban J connectivity index is 0.000000218. The average molecular weight is 825 g/mol. The number of fused-ring (bicyclic) bond motifs is 2. The molecular formula is C38H30ClF9N6O3. The van der Waals surface area contributed by atoms with Crippen molar-refractivity contribution in [3.63, 3.8) is 0 Å². The van der Waals surface area contributed by atoms with Crippen LogP contribution in [0.1, 0.15) is 47.0 Å². The fraction of sp³-hybridized carbons (Fsp3) is 0.211. The van der Waals surface area contributed by atoms with E-state index < -0.39 is 52.8 Å². The lowest BCUT2D eigenvalue weighted by Crippen LogP contribution is -2.27. The minimum atomic E-state index is -4.56. The molecule has 6 aromatic rings. The number of esters is 1. The van der Waals surface area contributed by atoms with Crippen LogP contribution in [0, 0.1) is 17.5 Å². The zero-order valence-corrected chi connectivity index (χ0v) is 30.2. The number of aromatic nitrogens is 4. The average Bonchev–Trinajstić information content (AvgIpc) is 3.68. The van der Waals surface area contributed by atoms with Crippen molar-refractivity contribution in [2.45, 2.75) is 45.2 Å². The van der Waals surface area contributed by atoms with E-state index in [0.29, 0.717) is 22.5 Å². The van der Waals surface area contributed by atoms with E-state index >= 15 is 0 Å². The Morgan fingerprint density at radius 1 is 0.789 bits per heavy atom. The Kier molecular flexibility index (Phi) is 13.0. The number of nitrogens with two attached hydrogens (primary N) is 1. The first-order chi connectivity index (χ1) is 26.9. The predicted molar refractivity (Wildman–Crippen MR) is 192 cm³/mol. The fourth-order valence-corrected chi connectivity index (χ4v) is 5.78. The van der Waals surface area contributed by atoms with Crippen LogP contribution in [-0.4, -0.2) is 38.0 Å². The maximum Gasteiger partial charge on any atom is 0.416 e. The number of ether oxygens (including phenoxy) is 1. The molecule has 0 aliphatic carbocycles. The molecule has 0 saturated heterocycles. The van der Waals surface area contributed by atoms with Gasteiger partial charge in [-0.3, -0.25) is 24.4 Å². The molecule has 0 unspecified atom stereocenters. The number of nitrogens with zero attached hydrogens (tertiary/aromatic N) is 4. The van der Waals surface area contributed by atoms with Gasteiger partial charge in [0.2, 0.25) is 0 Å². The van der Waals surface area contributed by atoms with Gasteiger partial charge in [0.15, 0.2) is 0 Å². The number of rotatable bonds is 10. The molecule has 9 nitrogen and oxygen atoms in total. The first-order valence-corrected chi connectivity index (χ1v) is 17.1. The topological polar surface area (TPSA) is 117 Å². The molecule has 4 aromatic carbocycles. The van der Waals surface area contributed by atoms with E-state index in [1.54, 1.807) is 6.92 Å². The highest BCUT2D eigenvalue weighted by molar-refractivity contribution is 6.30. The zero-order chi connectivity index (χ0) is 41.7. The van der Waals surface area contributed by atoms with Crippen LogP contribution < -0.4 is 11.3 Å². The lowest BCUT2D eigenvalue weighted by atomic mass is 10.1. The number of aryl methyl sites for hydroxylation is 1. The van der Waals surface area contributed by atoms with Crippen molar-refractivity contribution in [3.05, 3.63) is 135 Å². The summed E-state index contributed by atoms with van der Waals surface area (Å²) in [6.45, 7) is 1.56. The van der Waals surface area contributed by atoms with Gasteiger partial charge in [-0.05, 0) is 61.5 Å². The normalized spacial score (nSPS) is 11.9. The summed E-state index contributed by atoms with van der Waals surface area (Å²) < 4.78 is 127. The van der Waals surface area contributed by atoms with Crippen molar-refractivity contribution in [2.75, 3.05) is 6.61 Å². The van der Waals surface area contributed by atoms with E-state index in [1.165, 1.54) is 45.8 Å². The van der Waals surface area contributed by atoms with Crippen LogP contribution in [0.25, 0.3) is 27.9 Å².